The third kappa shape index (κ3) is 2.37. The fraction of sp³-hybridized carbons (Fsp3) is 0.120. The molecule has 0 saturated heterocycles. The van der Waals surface area contributed by atoms with Crippen molar-refractivity contribution in [3.05, 3.63) is 119 Å². The lowest BCUT2D eigenvalue weighted by Crippen LogP contribution is -2.15. The molecule has 0 N–H and O–H groups in total. The maximum atomic E-state index is 2.40. The van der Waals surface area contributed by atoms with Crippen LogP contribution in [0.5, 0.6) is 0 Å². The second-order valence-electron chi connectivity index (χ2n) is 6.96. The lowest BCUT2D eigenvalue weighted by Gasteiger charge is -2.30. The predicted octanol–water partition coefficient (Wildman–Crippen LogP) is 6.39. The first-order valence-corrected chi connectivity index (χ1v) is 9.01. The molecule has 0 bridgehead atoms. The van der Waals surface area contributed by atoms with E-state index in [4.69, 9.17) is 0 Å². The standard InChI is InChI=1S/C25H20/c1-2-10-20(11-3-1)25(23-16-14-18-8-4-6-12-21(18)23)24-17-15-19-9-5-7-13-22(19)24/h1-17,23-25H. The molecule has 120 valence electrons. The zero-order valence-corrected chi connectivity index (χ0v) is 14.0. The van der Waals surface area contributed by atoms with E-state index in [2.05, 4.69) is 103 Å². The molecular formula is C25H20. The van der Waals surface area contributed by atoms with Crippen molar-refractivity contribution < 1.29 is 0 Å². The molecule has 0 fully saturated rings. The SMILES string of the molecule is C1=CC(C(c2ccccc2)C2C=Cc3ccccc32)c2ccccc21. The van der Waals surface area contributed by atoms with Gasteiger partial charge >= 0.3 is 0 Å². The molecule has 3 aromatic rings. The summed E-state index contributed by atoms with van der Waals surface area (Å²) in [6, 6.07) is 28.6. The zero-order chi connectivity index (χ0) is 16.6. The van der Waals surface area contributed by atoms with Gasteiger partial charge in [0.1, 0.15) is 0 Å². The summed E-state index contributed by atoms with van der Waals surface area (Å²) < 4.78 is 0. The van der Waals surface area contributed by atoms with Crippen LogP contribution in [0.25, 0.3) is 12.2 Å². The van der Waals surface area contributed by atoms with E-state index in [0.29, 0.717) is 17.8 Å². The Morgan fingerprint density at radius 3 is 1.56 bits per heavy atom. The third-order valence-electron chi connectivity index (χ3n) is 5.63. The number of allylic oxidation sites excluding steroid dienone is 2. The van der Waals surface area contributed by atoms with Crippen LogP contribution in [0.3, 0.4) is 0 Å². The molecule has 2 aliphatic rings. The topological polar surface area (TPSA) is 0 Å². The van der Waals surface area contributed by atoms with Gasteiger partial charge in [0.15, 0.2) is 0 Å². The Balaban J connectivity index is 1.65. The second-order valence-corrected chi connectivity index (χ2v) is 6.96. The molecule has 0 saturated carbocycles. The first-order chi connectivity index (χ1) is 12.4. The Kier molecular flexibility index (Phi) is 3.41. The highest BCUT2D eigenvalue weighted by molar-refractivity contribution is 5.67. The van der Waals surface area contributed by atoms with E-state index in [1.165, 1.54) is 27.8 Å². The van der Waals surface area contributed by atoms with Gasteiger partial charge in [-0.15, -0.1) is 0 Å². The van der Waals surface area contributed by atoms with Crippen molar-refractivity contribution in [2.45, 2.75) is 17.8 Å². The van der Waals surface area contributed by atoms with Gasteiger partial charge in [0, 0.05) is 17.8 Å². The summed E-state index contributed by atoms with van der Waals surface area (Å²) >= 11 is 0. The average molecular weight is 320 g/mol. The van der Waals surface area contributed by atoms with Gasteiger partial charge in [-0.1, -0.05) is 103 Å². The van der Waals surface area contributed by atoms with E-state index in [9.17, 15) is 0 Å². The van der Waals surface area contributed by atoms with Crippen LogP contribution in [0.1, 0.15) is 45.6 Å². The number of fused-ring (bicyclic) bond motifs is 2. The summed E-state index contributed by atoms with van der Waals surface area (Å²) in [7, 11) is 0. The fourth-order valence-electron chi connectivity index (χ4n) is 4.49. The van der Waals surface area contributed by atoms with E-state index in [1.807, 2.05) is 0 Å². The van der Waals surface area contributed by atoms with E-state index in [0.717, 1.165) is 0 Å². The predicted molar refractivity (Wildman–Crippen MR) is 106 cm³/mol. The molecule has 2 aliphatic carbocycles. The third-order valence-corrected chi connectivity index (χ3v) is 5.63. The maximum absolute atomic E-state index is 2.40. The quantitative estimate of drug-likeness (QED) is 0.524. The normalized spacial score (nSPS) is 21.1. The minimum atomic E-state index is 0.416. The van der Waals surface area contributed by atoms with Crippen LogP contribution in [-0.2, 0) is 0 Å². The van der Waals surface area contributed by atoms with Gasteiger partial charge in [-0.2, -0.15) is 0 Å². The van der Waals surface area contributed by atoms with Crippen molar-refractivity contribution in [1.29, 1.82) is 0 Å². The Morgan fingerprint density at radius 1 is 0.520 bits per heavy atom. The molecule has 2 atom stereocenters. The van der Waals surface area contributed by atoms with Crippen LogP contribution < -0.4 is 0 Å². The highest BCUT2D eigenvalue weighted by Crippen LogP contribution is 2.50. The van der Waals surface area contributed by atoms with Crippen molar-refractivity contribution in [3.63, 3.8) is 0 Å². The van der Waals surface area contributed by atoms with E-state index in [-0.39, 0.29) is 0 Å². The lowest BCUT2D eigenvalue weighted by atomic mass is 9.73. The van der Waals surface area contributed by atoms with Crippen LogP contribution in [0.4, 0.5) is 0 Å². The van der Waals surface area contributed by atoms with Gasteiger partial charge in [-0.3, -0.25) is 0 Å². The first kappa shape index (κ1) is 14.5. The highest BCUT2D eigenvalue weighted by Gasteiger charge is 2.35. The van der Waals surface area contributed by atoms with Crippen LogP contribution >= 0.6 is 0 Å². The van der Waals surface area contributed by atoms with Crippen LogP contribution in [0.2, 0.25) is 0 Å². The maximum Gasteiger partial charge on any atom is 0.0105 e. The number of hydrogen-bond acceptors (Lipinski definition) is 0. The van der Waals surface area contributed by atoms with Crippen molar-refractivity contribution >= 4 is 12.2 Å². The molecule has 0 aliphatic heterocycles. The lowest BCUT2D eigenvalue weighted by molar-refractivity contribution is 0.572. The molecule has 5 rings (SSSR count). The molecular weight excluding hydrogens is 300 g/mol. The molecule has 2 unspecified atom stereocenters. The first-order valence-electron chi connectivity index (χ1n) is 9.01. The molecule has 0 amide bonds. The molecule has 0 spiro atoms. The zero-order valence-electron chi connectivity index (χ0n) is 14.0. The number of hydrogen-bond donors (Lipinski definition) is 0. The Bertz CT molecular complexity index is 901. The minimum Gasteiger partial charge on any atom is -0.0757 e. The largest absolute Gasteiger partial charge is 0.0757 e. The van der Waals surface area contributed by atoms with Gasteiger partial charge in [0.25, 0.3) is 0 Å². The van der Waals surface area contributed by atoms with Gasteiger partial charge in [0.2, 0.25) is 0 Å². The van der Waals surface area contributed by atoms with Crippen molar-refractivity contribution in [2.24, 2.45) is 0 Å². The van der Waals surface area contributed by atoms with Gasteiger partial charge in [-0.25, -0.2) is 0 Å². The second kappa shape index (κ2) is 5.89. The molecule has 0 heterocycles. The average Bonchev–Trinajstić information content (AvgIpc) is 3.29. The van der Waals surface area contributed by atoms with Crippen molar-refractivity contribution in [2.75, 3.05) is 0 Å². The summed E-state index contributed by atoms with van der Waals surface area (Å²) in [5, 5.41) is 0. The highest BCUT2D eigenvalue weighted by atomic mass is 14.4. The molecule has 0 aromatic heterocycles. The molecule has 0 nitrogen and oxygen atoms in total. The van der Waals surface area contributed by atoms with E-state index in [1.54, 1.807) is 0 Å². The van der Waals surface area contributed by atoms with Gasteiger partial charge in [0.05, 0.1) is 0 Å². The molecule has 0 heteroatoms. The Morgan fingerprint density at radius 2 is 1.00 bits per heavy atom. The number of rotatable bonds is 3. The summed E-state index contributed by atoms with van der Waals surface area (Å²) in [6.07, 6.45) is 9.38. The summed E-state index contributed by atoms with van der Waals surface area (Å²) in [5.74, 6) is 1.25. The summed E-state index contributed by atoms with van der Waals surface area (Å²) in [4.78, 5) is 0. The van der Waals surface area contributed by atoms with Crippen LogP contribution in [0, 0.1) is 0 Å². The van der Waals surface area contributed by atoms with Crippen LogP contribution in [0.15, 0.2) is 91.0 Å². The molecule has 3 aromatic carbocycles. The molecule has 0 radical (unpaired) electrons. The molecule has 25 heavy (non-hydrogen) atoms. The number of benzene rings is 3. The van der Waals surface area contributed by atoms with Crippen molar-refractivity contribution in [3.8, 4) is 0 Å². The monoisotopic (exact) mass is 320 g/mol. The Hall–Kier alpha value is -2.86. The Labute approximate surface area is 149 Å². The minimum absolute atomic E-state index is 0.416. The van der Waals surface area contributed by atoms with E-state index >= 15 is 0 Å². The van der Waals surface area contributed by atoms with E-state index < -0.39 is 0 Å². The van der Waals surface area contributed by atoms with Gasteiger partial charge in [-0.05, 0) is 27.8 Å². The van der Waals surface area contributed by atoms with Gasteiger partial charge < -0.3 is 0 Å². The fourth-order valence-corrected chi connectivity index (χ4v) is 4.49. The smallest absolute Gasteiger partial charge is 0.0105 e. The van der Waals surface area contributed by atoms with Crippen LogP contribution in [-0.4, -0.2) is 0 Å². The summed E-state index contributed by atoms with van der Waals surface area (Å²) in [5.41, 5.74) is 7.05. The van der Waals surface area contributed by atoms with Crippen molar-refractivity contribution in [1.82, 2.24) is 0 Å². The summed E-state index contributed by atoms with van der Waals surface area (Å²) in [6.45, 7) is 0.